The molecule has 0 radical (unpaired) electrons. The molecule has 0 amide bonds. The number of nitrogens with zero attached hydrogens (tertiary/aromatic N) is 6. The molecule has 0 aromatic carbocycles. The molecule has 37 heavy (non-hydrogen) atoms. The lowest BCUT2D eigenvalue weighted by molar-refractivity contribution is -0.869. The van der Waals surface area contributed by atoms with E-state index in [4.69, 9.17) is 0 Å². The van der Waals surface area contributed by atoms with Gasteiger partial charge in [0.2, 0.25) is 12.8 Å². The highest BCUT2D eigenvalue weighted by molar-refractivity contribution is 5.66. The number of rotatable bonds is 18. The lowest BCUT2D eigenvalue weighted by atomic mass is 9.84. The van der Waals surface area contributed by atoms with Crippen molar-refractivity contribution in [2.24, 2.45) is 0 Å². The Morgan fingerprint density at radius 1 is 0.541 bits per heavy atom. The zero-order valence-corrected chi connectivity index (χ0v) is 19.4. The lowest BCUT2D eigenvalue weighted by Gasteiger charge is -2.25. The molecule has 0 aliphatic heterocycles. The monoisotopic (exact) mass is 542 g/mol. The van der Waals surface area contributed by atoms with Crippen LogP contribution in [-0.4, -0.2) is 71.7 Å². The van der Waals surface area contributed by atoms with Crippen LogP contribution in [-0.2, 0) is 19.1 Å². The molecule has 208 valence electrons. The van der Waals surface area contributed by atoms with E-state index in [2.05, 4.69) is 9.47 Å². The molecule has 0 saturated carbocycles. The summed E-state index contributed by atoms with van der Waals surface area (Å²) >= 11 is 0. The second-order valence-corrected chi connectivity index (χ2v) is 7.73. The van der Waals surface area contributed by atoms with E-state index in [0.717, 1.165) is 13.8 Å². The maximum atomic E-state index is 11.9. The van der Waals surface area contributed by atoms with Crippen molar-refractivity contribution in [2.45, 2.75) is 69.4 Å². The van der Waals surface area contributed by atoms with E-state index in [-0.39, 0.29) is 0 Å². The molecule has 0 N–H and O–H groups in total. The van der Waals surface area contributed by atoms with Crippen LogP contribution in [0.25, 0.3) is 0 Å². The molecule has 0 heterocycles. The number of nitro groups is 6. The zero-order chi connectivity index (χ0) is 29.2. The third-order valence-corrected chi connectivity index (χ3v) is 5.23. The summed E-state index contributed by atoms with van der Waals surface area (Å²) < 4.78 is 8.94. The van der Waals surface area contributed by atoms with E-state index < -0.39 is 110 Å². The van der Waals surface area contributed by atoms with Crippen molar-refractivity contribution in [3.05, 3.63) is 60.7 Å². The molecular formula is C15H22N6O16. The van der Waals surface area contributed by atoms with Crippen LogP contribution in [0.15, 0.2) is 0 Å². The Morgan fingerprint density at radius 3 is 0.973 bits per heavy atom. The van der Waals surface area contributed by atoms with Crippen molar-refractivity contribution in [3.8, 4) is 0 Å². The van der Waals surface area contributed by atoms with Crippen LogP contribution in [0.1, 0.15) is 52.4 Å². The number of hydrogen-bond donors (Lipinski definition) is 0. The highest BCUT2D eigenvalue weighted by Gasteiger charge is 2.78. The van der Waals surface area contributed by atoms with Crippen LogP contribution < -0.4 is 0 Å². The Labute approximate surface area is 204 Å². The molecule has 0 saturated heterocycles. The van der Waals surface area contributed by atoms with Gasteiger partial charge >= 0.3 is 28.9 Å². The summed E-state index contributed by atoms with van der Waals surface area (Å²) in [6, 6.07) is 0. The highest BCUT2D eigenvalue weighted by atomic mass is 16.7. The minimum absolute atomic E-state index is 0.660. The molecule has 0 aromatic rings. The number of esters is 2. The fraction of sp³-hybridized carbons (Fsp3) is 0.867. The molecule has 0 fully saturated rings. The molecule has 0 aliphatic carbocycles. The molecule has 0 atom stereocenters. The summed E-state index contributed by atoms with van der Waals surface area (Å²) in [4.78, 5) is 81.8. The summed E-state index contributed by atoms with van der Waals surface area (Å²) in [5.74, 6) is -1.79. The van der Waals surface area contributed by atoms with Crippen molar-refractivity contribution in [1.29, 1.82) is 0 Å². The summed E-state index contributed by atoms with van der Waals surface area (Å²) in [5.41, 5.74) is -11.6. The number of carbonyl (C=O) groups excluding carboxylic acids is 2. The largest absolute Gasteiger partial charge is 0.487 e. The van der Waals surface area contributed by atoms with Gasteiger partial charge in [0.1, 0.15) is 0 Å². The molecule has 0 unspecified atom stereocenters. The number of ether oxygens (including phenoxy) is 2. The van der Waals surface area contributed by atoms with Crippen LogP contribution in [0, 0.1) is 60.7 Å². The molecule has 0 bridgehead atoms. The van der Waals surface area contributed by atoms with E-state index in [9.17, 15) is 70.3 Å². The second kappa shape index (κ2) is 12.9. The van der Waals surface area contributed by atoms with E-state index in [1.807, 2.05) is 0 Å². The Bertz CT molecular complexity index is 862. The van der Waals surface area contributed by atoms with Crippen molar-refractivity contribution in [2.75, 3.05) is 13.2 Å². The van der Waals surface area contributed by atoms with Gasteiger partial charge in [-0.15, -0.1) is 0 Å². The van der Waals surface area contributed by atoms with Gasteiger partial charge in [0.15, 0.2) is 0 Å². The standard InChI is InChI=1S/C15H22N6O16/c1-11(22)36-7-3-5-13(16(24)25,17(26)27)9-15(20(32)33,21(34)35)10-14(18(28)29,19(30)31)6-4-8-37-12(2)23/h3-10H2,1-2H3. The minimum Gasteiger partial charge on any atom is -0.466 e. The first-order valence-electron chi connectivity index (χ1n) is 10.0. The van der Waals surface area contributed by atoms with Gasteiger partial charge in [-0.25, -0.2) is 0 Å². The first-order valence-corrected chi connectivity index (χ1v) is 10.0. The van der Waals surface area contributed by atoms with E-state index in [1.165, 1.54) is 0 Å². The average molecular weight is 542 g/mol. The third kappa shape index (κ3) is 7.66. The van der Waals surface area contributed by atoms with E-state index in [1.54, 1.807) is 0 Å². The van der Waals surface area contributed by atoms with Crippen LogP contribution in [0.5, 0.6) is 0 Å². The second-order valence-electron chi connectivity index (χ2n) is 7.73. The SMILES string of the molecule is CC(=O)OCCCC(CC(CC(CCCOC(C)=O)([N+](=O)[O-])[N+](=O)[O-])([N+](=O)[O-])[N+](=O)[O-])([N+](=O)[O-])[N+](=O)[O-]. The predicted octanol–water partition coefficient (Wildman–Crippen LogP) is 0.202. The van der Waals surface area contributed by atoms with Crippen LogP contribution >= 0.6 is 0 Å². The van der Waals surface area contributed by atoms with Crippen molar-refractivity contribution in [1.82, 2.24) is 0 Å². The fourth-order valence-electron chi connectivity index (χ4n) is 3.37. The first-order chi connectivity index (χ1) is 16.9. The predicted molar refractivity (Wildman–Crippen MR) is 111 cm³/mol. The number of hydrogen-bond acceptors (Lipinski definition) is 16. The van der Waals surface area contributed by atoms with Gasteiger partial charge in [0, 0.05) is 13.8 Å². The van der Waals surface area contributed by atoms with Crippen molar-refractivity contribution >= 4 is 11.9 Å². The first kappa shape index (κ1) is 32.3. The van der Waals surface area contributed by atoms with Gasteiger partial charge in [-0.2, -0.15) is 0 Å². The van der Waals surface area contributed by atoms with Gasteiger partial charge in [-0.05, 0) is 12.8 Å². The fourth-order valence-corrected chi connectivity index (χ4v) is 3.37. The lowest BCUT2D eigenvalue weighted by Crippen LogP contribution is -2.63. The van der Waals surface area contributed by atoms with E-state index >= 15 is 0 Å². The molecule has 0 aliphatic rings. The van der Waals surface area contributed by atoms with Gasteiger partial charge in [-0.1, -0.05) is 0 Å². The minimum atomic E-state index is -4.16. The quantitative estimate of drug-likeness (QED) is 0.0733. The number of carbonyl (C=O) groups is 2. The Hall–Kier alpha value is -4.66. The summed E-state index contributed by atoms with van der Waals surface area (Å²) in [5, 5.41) is 70.6. The normalized spacial score (nSPS) is 11.7. The Morgan fingerprint density at radius 2 is 0.784 bits per heavy atom. The molecule has 0 spiro atoms. The van der Waals surface area contributed by atoms with Crippen molar-refractivity contribution in [3.63, 3.8) is 0 Å². The van der Waals surface area contributed by atoms with Crippen LogP contribution in [0.2, 0.25) is 0 Å². The van der Waals surface area contributed by atoms with Crippen LogP contribution in [0.4, 0.5) is 0 Å². The summed E-state index contributed by atoms with van der Waals surface area (Å²) in [6.07, 6.45) is -8.39. The Kier molecular flexibility index (Phi) is 11.3. The van der Waals surface area contributed by atoms with Gasteiger partial charge in [0.25, 0.3) is 0 Å². The smallest absolute Gasteiger partial charge is 0.466 e. The molecular weight excluding hydrogens is 520 g/mol. The zero-order valence-electron chi connectivity index (χ0n) is 19.4. The highest BCUT2D eigenvalue weighted by Crippen LogP contribution is 2.39. The maximum absolute atomic E-state index is 11.9. The summed E-state index contributed by atoms with van der Waals surface area (Å²) in [7, 11) is 0. The topological polar surface area (TPSA) is 311 Å². The molecule has 0 rings (SSSR count). The third-order valence-electron chi connectivity index (χ3n) is 5.23. The molecule has 0 aromatic heterocycles. The van der Waals surface area contributed by atoms with Crippen molar-refractivity contribution < 1.29 is 48.6 Å². The van der Waals surface area contributed by atoms with Gasteiger partial charge in [0.05, 0.1) is 55.6 Å². The van der Waals surface area contributed by atoms with E-state index in [0.29, 0.717) is 0 Å². The average Bonchev–Trinajstić information content (AvgIpc) is 2.75. The van der Waals surface area contributed by atoms with Gasteiger partial charge < -0.3 is 9.47 Å². The summed E-state index contributed by atoms with van der Waals surface area (Å²) in [6.45, 7) is 0.531. The van der Waals surface area contributed by atoms with Gasteiger partial charge in [-0.3, -0.25) is 70.3 Å². The maximum Gasteiger partial charge on any atom is 0.487 e. The molecule has 22 heteroatoms. The molecule has 22 nitrogen and oxygen atoms in total. The Balaban J connectivity index is 6.76. The van der Waals surface area contributed by atoms with Crippen LogP contribution in [0.3, 0.4) is 0 Å².